The number of nitrogen functional groups attached to an aromatic ring is 1. The van der Waals surface area contributed by atoms with Gasteiger partial charge in [0.15, 0.2) is 0 Å². The number of piperidine rings is 1. The van der Waals surface area contributed by atoms with E-state index in [1.165, 1.54) is 6.07 Å². The summed E-state index contributed by atoms with van der Waals surface area (Å²) in [5, 5.41) is 3.38. The highest BCUT2D eigenvalue weighted by Gasteiger charge is 2.24. The summed E-state index contributed by atoms with van der Waals surface area (Å²) < 4.78 is 13.9. The minimum atomic E-state index is -0.285. The zero-order chi connectivity index (χ0) is 13.3. The van der Waals surface area contributed by atoms with Gasteiger partial charge in [-0.3, -0.25) is 0 Å². The molecular formula is C13H19BrFN3. The Morgan fingerprint density at radius 2 is 2.22 bits per heavy atom. The lowest BCUT2D eigenvalue weighted by atomic mass is 9.94. The van der Waals surface area contributed by atoms with Crippen molar-refractivity contribution in [2.24, 2.45) is 5.92 Å². The number of anilines is 2. The topological polar surface area (TPSA) is 41.3 Å². The first-order valence-electron chi connectivity index (χ1n) is 6.17. The number of nitrogens with two attached hydrogens (primary N) is 1. The van der Waals surface area contributed by atoms with Gasteiger partial charge < -0.3 is 16.0 Å². The number of likely N-dealkylation sites (tertiary alicyclic amines) is 1. The van der Waals surface area contributed by atoms with Crippen molar-refractivity contribution < 1.29 is 4.39 Å². The van der Waals surface area contributed by atoms with Crippen molar-refractivity contribution in [3.63, 3.8) is 0 Å². The maximum atomic E-state index is 13.5. The van der Waals surface area contributed by atoms with Gasteiger partial charge in [0.25, 0.3) is 0 Å². The molecule has 0 spiro atoms. The van der Waals surface area contributed by atoms with E-state index in [2.05, 4.69) is 40.1 Å². The van der Waals surface area contributed by atoms with Crippen LogP contribution in [0.25, 0.3) is 0 Å². The van der Waals surface area contributed by atoms with E-state index in [4.69, 9.17) is 5.73 Å². The van der Waals surface area contributed by atoms with Gasteiger partial charge in [0.05, 0.1) is 15.8 Å². The zero-order valence-corrected chi connectivity index (χ0v) is 12.3. The van der Waals surface area contributed by atoms with E-state index in [0.29, 0.717) is 27.8 Å². The standard InChI is InChI=1S/C13H19BrFN3/c1-8-7-18(2)4-3-12(8)17-13-6-10(15)9(14)5-11(13)16/h5-6,8,12,17H,3-4,7,16H2,1-2H3. The molecule has 1 saturated heterocycles. The Labute approximate surface area is 116 Å². The van der Waals surface area contributed by atoms with Gasteiger partial charge in [-0.2, -0.15) is 0 Å². The predicted molar refractivity (Wildman–Crippen MR) is 77.2 cm³/mol. The third-order valence-corrected chi connectivity index (χ3v) is 4.15. The van der Waals surface area contributed by atoms with Crippen LogP contribution in [0, 0.1) is 11.7 Å². The Morgan fingerprint density at radius 3 is 2.89 bits per heavy atom. The molecule has 100 valence electrons. The second-order valence-corrected chi connectivity index (χ2v) is 5.99. The van der Waals surface area contributed by atoms with Crippen LogP contribution in [0.3, 0.4) is 0 Å². The summed E-state index contributed by atoms with van der Waals surface area (Å²) in [4.78, 5) is 2.31. The van der Waals surface area contributed by atoms with E-state index in [9.17, 15) is 4.39 Å². The van der Waals surface area contributed by atoms with E-state index in [-0.39, 0.29) is 5.82 Å². The second-order valence-electron chi connectivity index (χ2n) is 5.13. The fourth-order valence-corrected chi connectivity index (χ4v) is 2.82. The molecule has 18 heavy (non-hydrogen) atoms. The van der Waals surface area contributed by atoms with E-state index >= 15 is 0 Å². The molecular weight excluding hydrogens is 297 g/mol. The maximum absolute atomic E-state index is 13.5. The molecule has 0 aliphatic carbocycles. The molecule has 0 radical (unpaired) electrons. The second kappa shape index (κ2) is 5.45. The van der Waals surface area contributed by atoms with Crippen LogP contribution in [-0.4, -0.2) is 31.1 Å². The summed E-state index contributed by atoms with van der Waals surface area (Å²) in [6.45, 7) is 4.32. The summed E-state index contributed by atoms with van der Waals surface area (Å²) in [6.07, 6.45) is 1.05. The van der Waals surface area contributed by atoms with Gasteiger partial charge in [0.1, 0.15) is 5.82 Å². The molecule has 0 saturated carbocycles. The minimum Gasteiger partial charge on any atom is -0.397 e. The van der Waals surface area contributed by atoms with Crippen molar-refractivity contribution in [1.82, 2.24) is 4.90 Å². The molecule has 3 N–H and O–H groups in total. The quantitative estimate of drug-likeness (QED) is 0.824. The van der Waals surface area contributed by atoms with Crippen molar-refractivity contribution in [2.75, 3.05) is 31.2 Å². The molecule has 0 amide bonds. The lowest BCUT2D eigenvalue weighted by molar-refractivity contribution is 0.206. The summed E-state index contributed by atoms with van der Waals surface area (Å²) in [6, 6.07) is 3.42. The highest BCUT2D eigenvalue weighted by atomic mass is 79.9. The fraction of sp³-hybridized carbons (Fsp3) is 0.538. The van der Waals surface area contributed by atoms with Gasteiger partial charge in [-0.1, -0.05) is 6.92 Å². The first-order chi connectivity index (χ1) is 8.47. The number of hydrogen-bond donors (Lipinski definition) is 2. The average molecular weight is 316 g/mol. The number of nitrogens with one attached hydrogen (secondary N) is 1. The number of nitrogens with zero attached hydrogens (tertiary/aromatic N) is 1. The third kappa shape index (κ3) is 2.95. The van der Waals surface area contributed by atoms with Crippen LogP contribution in [0.1, 0.15) is 13.3 Å². The molecule has 1 aromatic rings. The van der Waals surface area contributed by atoms with E-state index < -0.39 is 0 Å². The maximum Gasteiger partial charge on any atom is 0.139 e. The molecule has 1 fully saturated rings. The monoisotopic (exact) mass is 315 g/mol. The fourth-order valence-electron chi connectivity index (χ4n) is 2.46. The van der Waals surface area contributed by atoms with Crippen LogP contribution in [-0.2, 0) is 0 Å². The summed E-state index contributed by atoms with van der Waals surface area (Å²) >= 11 is 3.14. The third-order valence-electron chi connectivity index (χ3n) is 3.54. The molecule has 2 rings (SSSR count). The molecule has 2 unspecified atom stereocenters. The Kier molecular flexibility index (Phi) is 4.12. The van der Waals surface area contributed by atoms with Crippen LogP contribution in [0.2, 0.25) is 0 Å². The van der Waals surface area contributed by atoms with Crippen molar-refractivity contribution >= 4 is 27.3 Å². The molecule has 0 bridgehead atoms. The Bertz CT molecular complexity index is 438. The highest BCUT2D eigenvalue weighted by Crippen LogP contribution is 2.29. The first-order valence-corrected chi connectivity index (χ1v) is 6.96. The van der Waals surface area contributed by atoms with Crippen LogP contribution < -0.4 is 11.1 Å². The smallest absolute Gasteiger partial charge is 0.139 e. The van der Waals surface area contributed by atoms with Gasteiger partial charge >= 0.3 is 0 Å². The van der Waals surface area contributed by atoms with Crippen LogP contribution in [0.5, 0.6) is 0 Å². The van der Waals surface area contributed by atoms with E-state index in [1.54, 1.807) is 6.07 Å². The number of rotatable bonds is 2. The van der Waals surface area contributed by atoms with Crippen molar-refractivity contribution in [2.45, 2.75) is 19.4 Å². The van der Waals surface area contributed by atoms with Crippen molar-refractivity contribution in [3.8, 4) is 0 Å². The average Bonchev–Trinajstić information content (AvgIpc) is 2.29. The highest BCUT2D eigenvalue weighted by molar-refractivity contribution is 9.10. The van der Waals surface area contributed by atoms with Crippen LogP contribution >= 0.6 is 15.9 Å². The molecule has 0 aromatic heterocycles. The lowest BCUT2D eigenvalue weighted by Gasteiger charge is -2.36. The predicted octanol–water partition coefficient (Wildman–Crippen LogP) is 2.92. The first kappa shape index (κ1) is 13.6. The van der Waals surface area contributed by atoms with E-state index in [1.807, 2.05) is 0 Å². The molecule has 1 aromatic carbocycles. The number of halogens is 2. The molecule has 1 aliphatic rings. The SMILES string of the molecule is CC1CN(C)CCC1Nc1cc(F)c(Br)cc1N. The van der Waals surface area contributed by atoms with E-state index in [0.717, 1.165) is 19.5 Å². The largest absolute Gasteiger partial charge is 0.397 e. The molecule has 1 heterocycles. The lowest BCUT2D eigenvalue weighted by Crippen LogP contribution is -2.43. The number of benzene rings is 1. The minimum absolute atomic E-state index is 0.285. The zero-order valence-electron chi connectivity index (χ0n) is 10.7. The van der Waals surface area contributed by atoms with Crippen molar-refractivity contribution in [1.29, 1.82) is 0 Å². The van der Waals surface area contributed by atoms with Gasteiger partial charge in [0.2, 0.25) is 0 Å². The van der Waals surface area contributed by atoms with Crippen LogP contribution in [0.4, 0.5) is 15.8 Å². The van der Waals surface area contributed by atoms with Gasteiger partial charge in [-0.05, 0) is 47.9 Å². The van der Waals surface area contributed by atoms with Gasteiger partial charge in [-0.15, -0.1) is 0 Å². The Balaban J connectivity index is 2.12. The van der Waals surface area contributed by atoms with Gasteiger partial charge in [-0.25, -0.2) is 4.39 Å². The molecule has 3 nitrogen and oxygen atoms in total. The summed E-state index contributed by atoms with van der Waals surface area (Å²) in [7, 11) is 2.13. The number of hydrogen-bond acceptors (Lipinski definition) is 3. The van der Waals surface area contributed by atoms with Gasteiger partial charge in [0, 0.05) is 18.7 Å². The van der Waals surface area contributed by atoms with Crippen molar-refractivity contribution in [3.05, 3.63) is 22.4 Å². The molecule has 2 atom stereocenters. The Morgan fingerprint density at radius 1 is 1.50 bits per heavy atom. The van der Waals surface area contributed by atoms with Crippen LogP contribution in [0.15, 0.2) is 16.6 Å². The molecule has 5 heteroatoms. The summed E-state index contributed by atoms with van der Waals surface area (Å²) in [5.74, 6) is 0.238. The normalized spacial score (nSPS) is 25.1. The Hall–Kier alpha value is -0.810. The summed E-state index contributed by atoms with van der Waals surface area (Å²) in [5.41, 5.74) is 7.18. The molecule has 1 aliphatic heterocycles.